The third kappa shape index (κ3) is 2.87. The van der Waals surface area contributed by atoms with Crippen LogP contribution in [-0.2, 0) is 0 Å². The number of aromatic nitrogens is 5. The van der Waals surface area contributed by atoms with Gasteiger partial charge in [-0.3, -0.25) is 4.98 Å². The number of ether oxygens (including phenoxy) is 1. The molecule has 0 saturated carbocycles. The average Bonchev–Trinajstić information content (AvgIpc) is 3.26. The van der Waals surface area contributed by atoms with Gasteiger partial charge in [-0.1, -0.05) is 34.9 Å². The van der Waals surface area contributed by atoms with Crippen LogP contribution in [0.5, 0.6) is 5.75 Å². The number of fused-ring (bicyclic) bond motifs is 3. The molecule has 4 heterocycles. The molecule has 6 rings (SSSR count). The van der Waals surface area contributed by atoms with Crippen LogP contribution in [0.1, 0.15) is 28.8 Å². The lowest BCUT2D eigenvalue weighted by atomic mass is 9.85. The zero-order valence-electron chi connectivity index (χ0n) is 15.9. The van der Waals surface area contributed by atoms with Crippen molar-refractivity contribution >= 4 is 23.2 Å². The molecule has 2 aromatic heterocycles. The van der Waals surface area contributed by atoms with Gasteiger partial charge in [-0.25, -0.2) is 4.39 Å². The van der Waals surface area contributed by atoms with Crippen molar-refractivity contribution in [3.8, 4) is 5.75 Å². The number of hydrogen-bond acceptors (Lipinski definition) is 6. The summed E-state index contributed by atoms with van der Waals surface area (Å²) in [6, 6.07) is 15.2. The van der Waals surface area contributed by atoms with Gasteiger partial charge in [-0.2, -0.15) is 4.68 Å². The highest BCUT2D eigenvalue weighted by molar-refractivity contribution is 6.30. The van der Waals surface area contributed by atoms with E-state index in [-0.39, 0.29) is 5.82 Å². The van der Waals surface area contributed by atoms with E-state index >= 15 is 0 Å². The van der Waals surface area contributed by atoms with E-state index in [1.807, 2.05) is 30.3 Å². The summed E-state index contributed by atoms with van der Waals surface area (Å²) in [5.41, 5.74) is 3.97. The highest BCUT2D eigenvalue weighted by atomic mass is 35.5. The van der Waals surface area contributed by atoms with Crippen LogP contribution in [0, 0.1) is 5.82 Å². The summed E-state index contributed by atoms with van der Waals surface area (Å²) in [7, 11) is 0. The van der Waals surface area contributed by atoms with Gasteiger partial charge in [0, 0.05) is 28.6 Å². The molecule has 7 nitrogen and oxygen atoms in total. The molecule has 0 spiro atoms. The summed E-state index contributed by atoms with van der Waals surface area (Å²) >= 11 is 6.30. The molecular formula is C22H14ClFN6O. The Morgan fingerprint density at radius 3 is 2.81 bits per heavy atom. The maximum absolute atomic E-state index is 14.2. The Hall–Kier alpha value is -3.78. The van der Waals surface area contributed by atoms with Crippen molar-refractivity contribution in [3.05, 3.63) is 100 Å². The number of nitrogens with zero attached hydrogens (tertiary/aromatic N) is 5. The Labute approximate surface area is 181 Å². The van der Waals surface area contributed by atoms with Gasteiger partial charge in [0.15, 0.2) is 0 Å². The molecule has 1 N–H and O–H groups in total. The lowest BCUT2D eigenvalue weighted by Gasteiger charge is -2.38. The van der Waals surface area contributed by atoms with Crippen LogP contribution in [0.3, 0.4) is 0 Å². The first-order valence-corrected chi connectivity index (χ1v) is 9.98. The van der Waals surface area contributed by atoms with E-state index in [2.05, 4.69) is 25.8 Å². The number of nitrogens with one attached hydrogen (secondary N) is 1. The fraction of sp³-hybridized carbons (Fsp3) is 0.0909. The zero-order valence-corrected chi connectivity index (χ0v) is 16.7. The SMILES string of the molecule is Fc1cccc([C@H]2Oc3ccc(Cl)cc3C3=C2[C@@H](c2cccnc2)n2nnnc2N3)c1. The molecule has 4 aromatic rings. The Morgan fingerprint density at radius 1 is 1.06 bits per heavy atom. The lowest BCUT2D eigenvalue weighted by Crippen LogP contribution is -2.32. The number of hydrogen-bond donors (Lipinski definition) is 1. The van der Waals surface area contributed by atoms with Crippen molar-refractivity contribution in [2.75, 3.05) is 5.32 Å². The van der Waals surface area contributed by atoms with Crippen molar-refractivity contribution in [2.45, 2.75) is 12.1 Å². The standard InChI is InChI=1S/C22H14ClFN6O/c23-14-6-7-17-16(10-14)19-18(21(31-17)12-3-1-5-15(24)9-12)20(13-4-2-8-25-11-13)30-22(26-19)27-28-29-30/h1-11,20-21H,(H,26,27,29)/t20-,21-/m1/s1. The van der Waals surface area contributed by atoms with E-state index in [0.717, 1.165) is 22.4 Å². The highest BCUT2D eigenvalue weighted by Gasteiger charge is 2.41. The van der Waals surface area contributed by atoms with E-state index in [1.54, 1.807) is 29.2 Å². The molecule has 0 aliphatic carbocycles. The Kier molecular flexibility index (Phi) is 4.00. The largest absolute Gasteiger partial charge is 0.480 e. The maximum atomic E-state index is 14.2. The molecule has 2 aliphatic rings. The molecule has 0 bridgehead atoms. The second-order valence-electron chi connectivity index (χ2n) is 7.28. The molecule has 0 amide bonds. The van der Waals surface area contributed by atoms with Crippen LogP contribution < -0.4 is 10.1 Å². The highest BCUT2D eigenvalue weighted by Crippen LogP contribution is 2.50. The van der Waals surface area contributed by atoms with E-state index < -0.39 is 12.1 Å². The number of rotatable bonds is 2. The number of anilines is 1. The van der Waals surface area contributed by atoms with Gasteiger partial charge in [-0.15, -0.1) is 0 Å². The minimum Gasteiger partial charge on any atom is -0.480 e. The summed E-state index contributed by atoms with van der Waals surface area (Å²) in [5.74, 6) is 0.782. The van der Waals surface area contributed by atoms with E-state index in [1.165, 1.54) is 12.1 Å². The molecule has 9 heteroatoms. The lowest BCUT2D eigenvalue weighted by molar-refractivity contribution is 0.222. The van der Waals surface area contributed by atoms with Gasteiger partial charge in [0.1, 0.15) is 23.7 Å². The summed E-state index contributed by atoms with van der Waals surface area (Å²) in [4.78, 5) is 4.28. The van der Waals surface area contributed by atoms with Crippen molar-refractivity contribution < 1.29 is 9.13 Å². The van der Waals surface area contributed by atoms with E-state index in [9.17, 15) is 4.39 Å². The van der Waals surface area contributed by atoms with Crippen molar-refractivity contribution in [2.24, 2.45) is 0 Å². The molecule has 2 aliphatic heterocycles. The van der Waals surface area contributed by atoms with Crippen LogP contribution in [0.4, 0.5) is 10.3 Å². The number of pyridine rings is 1. The van der Waals surface area contributed by atoms with Crippen LogP contribution in [-0.4, -0.2) is 25.2 Å². The molecule has 0 radical (unpaired) electrons. The van der Waals surface area contributed by atoms with Gasteiger partial charge in [-0.05, 0) is 58.0 Å². The fourth-order valence-electron chi connectivity index (χ4n) is 4.17. The smallest absolute Gasteiger partial charge is 0.248 e. The molecule has 31 heavy (non-hydrogen) atoms. The molecule has 2 atom stereocenters. The van der Waals surface area contributed by atoms with Crippen LogP contribution in [0.15, 0.2) is 72.6 Å². The van der Waals surface area contributed by atoms with E-state index in [0.29, 0.717) is 22.3 Å². The topological polar surface area (TPSA) is 77.8 Å². The van der Waals surface area contributed by atoms with Crippen molar-refractivity contribution in [3.63, 3.8) is 0 Å². The third-order valence-electron chi connectivity index (χ3n) is 5.45. The van der Waals surface area contributed by atoms with Gasteiger partial charge >= 0.3 is 0 Å². The summed E-state index contributed by atoms with van der Waals surface area (Å²) in [6.07, 6.45) is 2.90. The second kappa shape index (κ2) is 6.88. The molecule has 152 valence electrons. The summed E-state index contributed by atoms with van der Waals surface area (Å²) < 4.78 is 22.2. The minimum atomic E-state index is -0.575. The van der Waals surface area contributed by atoms with Gasteiger partial charge in [0.2, 0.25) is 5.95 Å². The predicted octanol–water partition coefficient (Wildman–Crippen LogP) is 4.42. The predicted molar refractivity (Wildman–Crippen MR) is 112 cm³/mol. The molecular weight excluding hydrogens is 419 g/mol. The van der Waals surface area contributed by atoms with Gasteiger partial charge in [0.25, 0.3) is 0 Å². The molecule has 0 saturated heterocycles. The second-order valence-corrected chi connectivity index (χ2v) is 7.72. The maximum Gasteiger partial charge on any atom is 0.248 e. The van der Waals surface area contributed by atoms with Crippen LogP contribution >= 0.6 is 11.6 Å². The van der Waals surface area contributed by atoms with Crippen molar-refractivity contribution in [1.29, 1.82) is 0 Å². The van der Waals surface area contributed by atoms with Crippen molar-refractivity contribution in [1.82, 2.24) is 25.2 Å². The number of tetrazole rings is 1. The third-order valence-corrected chi connectivity index (χ3v) is 5.68. The number of benzene rings is 2. The zero-order chi connectivity index (χ0) is 20.9. The molecule has 0 unspecified atom stereocenters. The molecule has 2 aromatic carbocycles. The number of halogens is 2. The first-order chi connectivity index (χ1) is 15.2. The quantitative estimate of drug-likeness (QED) is 0.505. The fourth-order valence-corrected chi connectivity index (χ4v) is 4.34. The molecule has 0 fully saturated rings. The normalized spacial score (nSPS) is 19.0. The summed E-state index contributed by atoms with van der Waals surface area (Å²) in [6.45, 7) is 0. The average molecular weight is 433 g/mol. The van der Waals surface area contributed by atoms with Gasteiger partial charge < -0.3 is 10.1 Å². The first kappa shape index (κ1) is 18.0. The first-order valence-electron chi connectivity index (χ1n) is 9.60. The minimum absolute atomic E-state index is 0.338. The van der Waals surface area contributed by atoms with Crippen LogP contribution in [0.25, 0.3) is 5.70 Å². The Morgan fingerprint density at radius 2 is 1.97 bits per heavy atom. The van der Waals surface area contributed by atoms with Gasteiger partial charge in [0.05, 0.1) is 5.70 Å². The monoisotopic (exact) mass is 432 g/mol. The Balaban J connectivity index is 1.65. The summed E-state index contributed by atoms with van der Waals surface area (Å²) in [5, 5.41) is 16.1. The van der Waals surface area contributed by atoms with E-state index in [4.69, 9.17) is 16.3 Å². The van der Waals surface area contributed by atoms with Crippen LogP contribution in [0.2, 0.25) is 5.02 Å². The Bertz CT molecular complexity index is 1340.